The Morgan fingerprint density at radius 2 is 2.00 bits per heavy atom. The molecule has 4 heteroatoms. The monoisotopic (exact) mass is 260 g/mol. The number of likely N-dealkylation sites (tertiary alicyclic amines) is 1. The van der Waals surface area contributed by atoms with E-state index in [2.05, 4.69) is 11.9 Å². The number of carbonyl (C=O) groups excluding carboxylic acids is 1. The lowest BCUT2D eigenvalue weighted by molar-refractivity contribution is 0.0546. The summed E-state index contributed by atoms with van der Waals surface area (Å²) in [6, 6.07) is 6.01. The van der Waals surface area contributed by atoms with Gasteiger partial charge >= 0.3 is 0 Å². The van der Waals surface area contributed by atoms with Gasteiger partial charge in [0.2, 0.25) is 0 Å². The molecule has 1 aromatic rings. The molecule has 0 saturated carbocycles. The van der Waals surface area contributed by atoms with Crippen LogP contribution in [-0.4, -0.2) is 48.7 Å². The molecular weight excluding hydrogens is 240 g/mol. The summed E-state index contributed by atoms with van der Waals surface area (Å²) in [6.07, 6.45) is 2.17. The predicted molar refractivity (Wildman–Crippen MR) is 74.6 cm³/mol. The van der Waals surface area contributed by atoms with Crippen molar-refractivity contribution in [2.24, 2.45) is 0 Å². The molecule has 1 N–H and O–H groups in total. The molecule has 1 aromatic carbocycles. The summed E-state index contributed by atoms with van der Waals surface area (Å²) in [5.41, 5.74) is 3.29. The van der Waals surface area contributed by atoms with E-state index in [-0.39, 0.29) is 12.0 Å². The third-order valence-electron chi connectivity index (χ3n) is 4.21. The third kappa shape index (κ3) is 2.32. The van der Waals surface area contributed by atoms with E-state index < -0.39 is 0 Å². The lowest BCUT2D eigenvalue weighted by Crippen LogP contribution is -2.40. The molecule has 0 unspecified atom stereocenters. The van der Waals surface area contributed by atoms with Gasteiger partial charge in [0.1, 0.15) is 0 Å². The minimum atomic E-state index is -0.238. The number of hydrogen-bond acceptors (Lipinski definition) is 3. The number of piperidine rings is 1. The molecule has 0 radical (unpaired) electrons. The predicted octanol–water partition coefficient (Wildman–Crippen LogP) is 1.28. The van der Waals surface area contributed by atoms with E-state index in [1.165, 1.54) is 11.3 Å². The van der Waals surface area contributed by atoms with Crippen LogP contribution < -0.4 is 4.90 Å². The molecule has 0 bridgehead atoms. The largest absolute Gasteiger partial charge is 0.393 e. The number of carbonyl (C=O) groups is 1. The quantitative estimate of drug-likeness (QED) is 0.827. The van der Waals surface area contributed by atoms with Gasteiger partial charge in [-0.1, -0.05) is 0 Å². The SMILES string of the molecule is CN1CCc2cc(C(=O)N3CCC(O)CC3)ccc21. The molecule has 1 amide bonds. The van der Waals surface area contributed by atoms with Gasteiger partial charge < -0.3 is 14.9 Å². The zero-order chi connectivity index (χ0) is 13.4. The summed E-state index contributed by atoms with van der Waals surface area (Å²) in [6.45, 7) is 2.36. The van der Waals surface area contributed by atoms with Crippen LogP contribution in [0, 0.1) is 0 Å². The summed E-state index contributed by atoms with van der Waals surface area (Å²) < 4.78 is 0. The molecule has 0 aliphatic carbocycles. The molecule has 102 valence electrons. The fourth-order valence-electron chi connectivity index (χ4n) is 2.95. The fourth-order valence-corrected chi connectivity index (χ4v) is 2.95. The van der Waals surface area contributed by atoms with Crippen LogP contribution in [0.3, 0.4) is 0 Å². The highest BCUT2D eigenvalue weighted by Crippen LogP contribution is 2.28. The van der Waals surface area contributed by atoms with Crippen molar-refractivity contribution in [2.75, 3.05) is 31.6 Å². The van der Waals surface area contributed by atoms with Gasteiger partial charge in [0.25, 0.3) is 5.91 Å². The van der Waals surface area contributed by atoms with E-state index in [4.69, 9.17) is 0 Å². The van der Waals surface area contributed by atoms with Crippen LogP contribution in [0.2, 0.25) is 0 Å². The Balaban J connectivity index is 1.77. The molecule has 0 aromatic heterocycles. The highest BCUT2D eigenvalue weighted by Gasteiger charge is 2.24. The number of nitrogens with zero attached hydrogens (tertiary/aromatic N) is 2. The molecule has 0 atom stereocenters. The van der Waals surface area contributed by atoms with Gasteiger partial charge in [0, 0.05) is 37.9 Å². The number of fused-ring (bicyclic) bond motifs is 1. The zero-order valence-corrected chi connectivity index (χ0v) is 11.3. The Labute approximate surface area is 113 Å². The molecule has 3 rings (SSSR count). The van der Waals surface area contributed by atoms with Crippen molar-refractivity contribution in [1.82, 2.24) is 4.90 Å². The highest BCUT2D eigenvalue weighted by atomic mass is 16.3. The summed E-state index contributed by atoms with van der Waals surface area (Å²) in [5, 5.41) is 9.49. The topological polar surface area (TPSA) is 43.8 Å². The van der Waals surface area contributed by atoms with Crippen molar-refractivity contribution < 1.29 is 9.90 Å². The number of aliphatic hydroxyl groups excluding tert-OH is 1. The number of hydrogen-bond donors (Lipinski definition) is 1. The number of benzene rings is 1. The van der Waals surface area contributed by atoms with E-state index in [0.717, 1.165) is 18.5 Å². The summed E-state index contributed by atoms with van der Waals surface area (Å²) in [7, 11) is 2.08. The van der Waals surface area contributed by atoms with Crippen LogP contribution in [0.15, 0.2) is 18.2 Å². The van der Waals surface area contributed by atoms with E-state index in [0.29, 0.717) is 25.9 Å². The molecule has 0 spiro atoms. The van der Waals surface area contributed by atoms with Gasteiger partial charge in [-0.15, -0.1) is 0 Å². The Morgan fingerprint density at radius 1 is 1.26 bits per heavy atom. The molecule has 4 nitrogen and oxygen atoms in total. The molecule has 2 aliphatic heterocycles. The highest BCUT2D eigenvalue weighted by molar-refractivity contribution is 5.95. The molecule has 2 heterocycles. The minimum absolute atomic E-state index is 0.101. The number of aliphatic hydroxyl groups is 1. The Bertz CT molecular complexity index is 493. The Hall–Kier alpha value is -1.55. The van der Waals surface area contributed by atoms with Crippen molar-refractivity contribution in [3.8, 4) is 0 Å². The molecule has 2 aliphatic rings. The number of amides is 1. The number of anilines is 1. The average molecular weight is 260 g/mol. The van der Waals surface area contributed by atoms with Crippen molar-refractivity contribution in [3.63, 3.8) is 0 Å². The summed E-state index contributed by atoms with van der Waals surface area (Å²) in [4.78, 5) is 16.5. The minimum Gasteiger partial charge on any atom is -0.393 e. The van der Waals surface area contributed by atoms with Crippen LogP contribution in [0.1, 0.15) is 28.8 Å². The summed E-state index contributed by atoms with van der Waals surface area (Å²) >= 11 is 0. The molecular formula is C15H20N2O2. The maximum atomic E-state index is 12.4. The van der Waals surface area contributed by atoms with Crippen molar-refractivity contribution in [1.29, 1.82) is 0 Å². The first kappa shape index (κ1) is 12.5. The average Bonchev–Trinajstić information content (AvgIpc) is 2.80. The maximum Gasteiger partial charge on any atom is 0.253 e. The first-order valence-electron chi connectivity index (χ1n) is 6.96. The Kier molecular flexibility index (Phi) is 3.19. The first-order valence-corrected chi connectivity index (χ1v) is 6.96. The lowest BCUT2D eigenvalue weighted by Gasteiger charge is -2.29. The van der Waals surface area contributed by atoms with Crippen LogP contribution in [0.25, 0.3) is 0 Å². The molecule has 19 heavy (non-hydrogen) atoms. The molecule has 1 saturated heterocycles. The fraction of sp³-hybridized carbons (Fsp3) is 0.533. The molecule has 1 fully saturated rings. The smallest absolute Gasteiger partial charge is 0.253 e. The van der Waals surface area contributed by atoms with Crippen LogP contribution >= 0.6 is 0 Å². The van der Waals surface area contributed by atoms with E-state index in [9.17, 15) is 9.90 Å². The summed E-state index contributed by atoms with van der Waals surface area (Å²) in [5.74, 6) is 0.101. The van der Waals surface area contributed by atoms with Crippen molar-refractivity contribution in [3.05, 3.63) is 29.3 Å². The van der Waals surface area contributed by atoms with Gasteiger partial charge in [-0.2, -0.15) is 0 Å². The second-order valence-electron chi connectivity index (χ2n) is 5.54. The van der Waals surface area contributed by atoms with E-state index in [1.54, 1.807) is 0 Å². The van der Waals surface area contributed by atoms with E-state index >= 15 is 0 Å². The third-order valence-corrected chi connectivity index (χ3v) is 4.21. The second kappa shape index (κ2) is 4.85. The van der Waals surface area contributed by atoms with Gasteiger partial charge in [-0.25, -0.2) is 0 Å². The van der Waals surface area contributed by atoms with Gasteiger partial charge in [0.05, 0.1) is 6.10 Å². The van der Waals surface area contributed by atoms with Crippen LogP contribution in [0.4, 0.5) is 5.69 Å². The lowest BCUT2D eigenvalue weighted by atomic mass is 10.0. The van der Waals surface area contributed by atoms with Gasteiger partial charge in [-0.05, 0) is 43.0 Å². The normalized spacial score (nSPS) is 19.7. The zero-order valence-electron chi connectivity index (χ0n) is 11.3. The Morgan fingerprint density at radius 3 is 2.74 bits per heavy atom. The first-order chi connectivity index (χ1) is 9.15. The number of likely N-dealkylation sites (N-methyl/N-ethyl adjacent to an activating group) is 1. The van der Waals surface area contributed by atoms with Crippen molar-refractivity contribution >= 4 is 11.6 Å². The standard InChI is InChI=1S/C15H20N2O2/c1-16-7-4-11-10-12(2-3-14(11)16)15(19)17-8-5-13(18)6-9-17/h2-3,10,13,18H,4-9H2,1H3. The second-order valence-corrected chi connectivity index (χ2v) is 5.54. The van der Waals surface area contributed by atoms with Crippen LogP contribution in [0.5, 0.6) is 0 Å². The van der Waals surface area contributed by atoms with Crippen molar-refractivity contribution in [2.45, 2.75) is 25.4 Å². The van der Waals surface area contributed by atoms with Gasteiger partial charge in [0.15, 0.2) is 0 Å². The number of rotatable bonds is 1. The van der Waals surface area contributed by atoms with Gasteiger partial charge in [-0.3, -0.25) is 4.79 Å². The maximum absolute atomic E-state index is 12.4. The van der Waals surface area contributed by atoms with Crippen LogP contribution in [-0.2, 0) is 6.42 Å². The van der Waals surface area contributed by atoms with E-state index in [1.807, 2.05) is 23.1 Å².